The lowest BCUT2D eigenvalue weighted by molar-refractivity contribution is 0.262. The zero-order valence-electron chi connectivity index (χ0n) is 10.5. The molecule has 3 rings (SSSR count). The molecule has 0 spiro atoms. The number of hydrogen-bond donors (Lipinski definition) is 1. The molecule has 1 N–H and O–H groups in total. The Hall–Kier alpha value is -0.900. The fourth-order valence-electron chi connectivity index (χ4n) is 2.97. The first-order valence-electron chi connectivity index (χ1n) is 6.84. The predicted octanol–water partition coefficient (Wildman–Crippen LogP) is 2.40. The molecule has 2 aliphatic rings. The molecule has 94 valence electrons. The Bertz CT molecular complexity index is 389. The number of aromatic nitrogens is 3. The summed E-state index contributed by atoms with van der Waals surface area (Å²) in [6.07, 6.45) is 7.52. The van der Waals surface area contributed by atoms with Crippen molar-refractivity contribution in [3.63, 3.8) is 0 Å². The second kappa shape index (κ2) is 4.41. The van der Waals surface area contributed by atoms with Crippen LogP contribution in [0.4, 0.5) is 0 Å². The topological polar surface area (TPSA) is 50.9 Å². The third-order valence-corrected chi connectivity index (χ3v) is 4.23. The van der Waals surface area contributed by atoms with Gasteiger partial charge in [-0.1, -0.05) is 19.8 Å². The SMILES string of the molecule is CC1CCC(c2nnc(CO)n2C2CC2)CC1. The van der Waals surface area contributed by atoms with Crippen LogP contribution in [0, 0.1) is 5.92 Å². The summed E-state index contributed by atoms with van der Waals surface area (Å²) in [5.41, 5.74) is 0. The number of aliphatic hydroxyl groups is 1. The lowest BCUT2D eigenvalue weighted by Crippen LogP contribution is -2.16. The third kappa shape index (κ3) is 2.10. The van der Waals surface area contributed by atoms with Gasteiger partial charge >= 0.3 is 0 Å². The summed E-state index contributed by atoms with van der Waals surface area (Å²) in [7, 11) is 0. The molecule has 17 heavy (non-hydrogen) atoms. The Morgan fingerprint density at radius 1 is 1.12 bits per heavy atom. The van der Waals surface area contributed by atoms with Crippen LogP contribution >= 0.6 is 0 Å². The molecule has 1 heterocycles. The molecule has 0 saturated heterocycles. The molecule has 2 aliphatic carbocycles. The molecule has 0 aromatic carbocycles. The van der Waals surface area contributed by atoms with Crippen molar-refractivity contribution in [1.82, 2.24) is 14.8 Å². The van der Waals surface area contributed by atoms with Crippen LogP contribution in [0.3, 0.4) is 0 Å². The summed E-state index contributed by atoms with van der Waals surface area (Å²) in [5, 5.41) is 17.8. The summed E-state index contributed by atoms with van der Waals surface area (Å²) in [5.74, 6) is 3.34. The van der Waals surface area contributed by atoms with E-state index < -0.39 is 0 Å². The first kappa shape index (κ1) is 11.2. The molecule has 4 nitrogen and oxygen atoms in total. The zero-order chi connectivity index (χ0) is 11.8. The Kier molecular flexibility index (Phi) is 2.90. The molecule has 0 unspecified atom stereocenters. The minimum atomic E-state index is 0.0205. The Morgan fingerprint density at radius 2 is 1.82 bits per heavy atom. The van der Waals surface area contributed by atoms with Crippen molar-refractivity contribution in [3.8, 4) is 0 Å². The third-order valence-electron chi connectivity index (χ3n) is 4.23. The van der Waals surface area contributed by atoms with Gasteiger partial charge in [-0.15, -0.1) is 10.2 Å². The summed E-state index contributed by atoms with van der Waals surface area (Å²) < 4.78 is 2.22. The van der Waals surface area contributed by atoms with Gasteiger partial charge in [0, 0.05) is 12.0 Å². The van der Waals surface area contributed by atoms with Gasteiger partial charge in [-0.2, -0.15) is 0 Å². The van der Waals surface area contributed by atoms with E-state index in [9.17, 15) is 5.11 Å². The highest BCUT2D eigenvalue weighted by atomic mass is 16.3. The molecule has 0 bridgehead atoms. The van der Waals surface area contributed by atoms with E-state index in [2.05, 4.69) is 21.7 Å². The lowest BCUT2D eigenvalue weighted by Gasteiger charge is -2.26. The van der Waals surface area contributed by atoms with Crippen molar-refractivity contribution in [3.05, 3.63) is 11.6 Å². The summed E-state index contributed by atoms with van der Waals surface area (Å²) >= 11 is 0. The van der Waals surface area contributed by atoms with Crippen LogP contribution in [0.15, 0.2) is 0 Å². The van der Waals surface area contributed by atoms with E-state index >= 15 is 0 Å². The highest BCUT2D eigenvalue weighted by molar-refractivity contribution is 5.07. The minimum absolute atomic E-state index is 0.0205. The molecule has 0 amide bonds. The van der Waals surface area contributed by atoms with Gasteiger partial charge < -0.3 is 9.67 Å². The standard InChI is InChI=1S/C13H21N3O/c1-9-2-4-10(5-3-9)13-15-14-12(8-17)16(13)11-6-7-11/h9-11,17H,2-8H2,1H3. The highest BCUT2D eigenvalue weighted by Gasteiger charge is 2.32. The first-order valence-corrected chi connectivity index (χ1v) is 6.84. The summed E-state index contributed by atoms with van der Waals surface area (Å²) in [6, 6.07) is 0.571. The van der Waals surface area contributed by atoms with Crippen molar-refractivity contribution < 1.29 is 5.11 Å². The lowest BCUT2D eigenvalue weighted by atomic mass is 9.82. The molecule has 2 fully saturated rings. The maximum absolute atomic E-state index is 9.33. The molecular formula is C13H21N3O. The van der Waals surface area contributed by atoms with Gasteiger partial charge in [0.1, 0.15) is 12.4 Å². The number of nitrogens with zero attached hydrogens (tertiary/aromatic N) is 3. The average Bonchev–Trinajstić information content (AvgIpc) is 3.10. The van der Waals surface area contributed by atoms with Crippen LogP contribution in [0.25, 0.3) is 0 Å². The van der Waals surface area contributed by atoms with E-state index in [1.54, 1.807) is 0 Å². The van der Waals surface area contributed by atoms with Gasteiger partial charge in [0.15, 0.2) is 5.82 Å². The van der Waals surface area contributed by atoms with Crippen molar-refractivity contribution >= 4 is 0 Å². The molecule has 4 heteroatoms. The van der Waals surface area contributed by atoms with E-state index in [0.717, 1.165) is 17.6 Å². The van der Waals surface area contributed by atoms with Gasteiger partial charge in [-0.3, -0.25) is 0 Å². The maximum atomic E-state index is 9.33. The molecule has 0 radical (unpaired) electrons. The van der Waals surface area contributed by atoms with Crippen molar-refractivity contribution in [1.29, 1.82) is 0 Å². The summed E-state index contributed by atoms with van der Waals surface area (Å²) in [6.45, 7) is 2.35. The fourth-order valence-corrected chi connectivity index (χ4v) is 2.97. The molecule has 1 aromatic rings. The van der Waals surface area contributed by atoms with E-state index in [4.69, 9.17) is 0 Å². The second-order valence-corrected chi connectivity index (χ2v) is 5.69. The van der Waals surface area contributed by atoms with E-state index in [1.807, 2.05) is 0 Å². The number of aliphatic hydroxyl groups excluding tert-OH is 1. The number of hydrogen-bond acceptors (Lipinski definition) is 3. The van der Waals surface area contributed by atoms with Crippen molar-refractivity contribution in [2.45, 2.75) is 64.0 Å². The van der Waals surface area contributed by atoms with Gasteiger partial charge in [0.05, 0.1) is 0 Å². The van der Waals surface area contributed by atoms with Crippen LogP contribution in [0.1, 0.15) is 69.1 Å². The largest absolute Gasteiger partial charge is 0.388 e. The first-order chi connectivity index (χ1) is 8.29. The highest BCUT2D eigenvalue weighted by Crippen LogP contribution is 2.41. The van der Waals surface area contributed by atoms with Crippen molar-refractivity contribution in [2.75, 3.05) is 0 Å². The average molecular weight is 235 g/mol. The van der Waals surface area contributed by atoms with Crippen molar-refractivity contribution in [2.24, 2.45) is 5.92 Å². The van der Waals surface area contributed by atoms with Crippen LogP contribution < -0.4 is 0 Å². The molecule has 2 saturated carbocycles. The monoisotopic (exact) mass is 235 g/mol. The summed E-state index contributed by atoms with van der Waals surface area (Å²) in [4.78, 5) is 0. The van der Waals surface area contributed by atoms with Gasteiger partial charge in [0.2, 0.25) is 0 Å². The van der Waals surface area contributed by atoms with Gasteiger partial charge in [-0.05, 0) is 31.6 Å². The Labute approximate surface area is 102 Å². The van der Waals surface area contributed by atoms with E-state index in [-0.39, 0.29) is 6.61 Å². The maximum Gasteiger partial charge on any atom is 0.159 e. The zero-order valence-corrected chi connectivity index (χ0v) is 10.5. The molecule has 0 aliphatic heterocycles. The van der Waals surface area contributed by atoms with Crippen LogP contribution in [0.2, 0.25) is 0 Å². The quantitative estimate of drug-likeness (QED) is 0.875. The van der Waals surface area contributed by atoms with Gasteiger partial charge in [-0.25, -0.2) is 0 Å². The Balaban J connectivity index is 1.84. The molecular weight excluding hydrogens is 214 g/mol. The minimum Gasteiger partial charge on any atom is -0.388 e. The normalized spacial score (nSPS) is 29.5. The van der Waals surface area contributed by atoms with Gasteiger partial charge in [0.25, 0.3) is 0 Å². The second-order valence-electron chi connectivity index (χ2n) is 5.69. The van der Waals surface area contributed by atoms with E-state index in [0.29, 0.717) is 12.0 Å². The smallest absolute Gasteiger partial charge is 0.159 e. The van der Waals surface area contributed by atoms with Crippen LogP contribution in [0.5, 0.6) is 0 Å². The van der Waals surface area contributed by atoms with E-state index in [1.165, 1.54) is 38.5 Å². The molecule has 0 atom stereocenters. The fraction of sp³-hybridized carbons (Fsp3) is 0.846. The number of rotatable bonds is 3. The van der Waals surface area contributed by atoms with Crippen LogP contribution in [-0.2, 0) is 6.61 Å². The Morgan fingerprint density at radius 3 is 2.41 bits per heavy atom. The predicted molar refractivity (Wildman–Crippen MR) is 64.6 cm³/mol. The van der Waals surface area contributed by atoms with Crippen LogP contribution in [-0.4, -0.2) is 19.9 Å². The molecule has 1 aromatic heterocycles.